The minimum Gasteiger partial charge on any atom is -0.296 e. The van der Waals surface area contributed by atoms with E-state index in [0.29, 0.717) is 6.42 Å². The molecular weight excluding hydrogens is 295 g/mol. The average Bonchev–Trinajstić information content (AvgIpc) is 2.46. The van der Waals surface area contributed by atoms with Gasteiger partial charge in [0.2, 0.25) is 0 Å². The Balaban J connectivity index is 4.75. The third kappa shape index (κ3) is 6.39. The van der Waals surface area contributed by atoms with Gasteiger partial charge in [-0.3, -0.25) is 23.2 Å². The van der Waals surface area contributed by atoms with Gasteiger partial charge in [-0.1, -0.05) is 32.6 Å². The van der Waals surface area contributed by atoms with Crippen LogP contribution in [-0.4, -0.2) is 31.4 Å². The fourth-order valence-corrected chi connectivity index (χ4v) is 2.79. The zero-order chi connectivity index (χ0) is 16.5. The predicted molar refractivity (Wildman–Crippen MR) is 80.2 cm³/mol. The molecule has 6 nitrogen and oxygen atoms in total. The Morgan fingerprint density at radius 1 is 1.05 bits per heavy atom. The fourth-order valence-electron chi connectivity index (χ4n) is 1.81. The molecular formula is C14H27O6P. The Labute approximate surface area is 127 Å². The van der Waals surface area contributed by atoms with Gasteiger partial charge in [-0.25, -0.2) is 4.57 Å². The number of carbonyl (C=O) groups excluding carboxylic acids is 2. The molecule has 0 aliphatic heterocycles. The zero-order valence-corrected chi connectivity index (χ0v) is 14.5. The molecule has 0 aromatic carbocycles. The standard InChI is InChI=1S/C14H27O6P/c1-6-7-8-9-10-11-13(16)14(3,12(2)15)20-21(17,18-4)19-5/h6-11H2,1-5H3. The molecule has 0 aromatic heterocycles. The first kappa shape index (κ1) is 20.5. The Bertz CT molecular complexity index is 387. The van der Waals surface area contributed by atoms with E-state index in [9.17, 15) is 14.2 Å². The quantitative estimate of drug-likeness (QED) is 0.310. The highest BCUT2D eigenvalue weighted by Crippen LogP contribution is 2.51. The lowest BCUT2D eigenvalue weighted by Gasteiger charge is -2.28. The number of Topliss-reactive ketones (excluding diaryl/α,β-unsaturated/α-hetero) is 2. The van der Waals surface area contributed by atoms with Crippen molar-refractivity contribution in [2.45, 2.75) is 64.9 Å². The van der Waals surface area contributed by atoms with Crippen LogP contribution in [0.1, 0.15) is 59.3 Å². The second-order valence-electron chi connectivity index (χ2n) is 5.08. The van der Waals surface area contributed by atoms with Crippen LogP contribution in [0.2, 0.25) is 0 Å². The molecule has 0 N–H and O–H groups in total. The van der Waals surface area contributed by atoms with E-state index in [0.717, 1.165) is 39.9 Å². The van der Waals surface area contributed by atoms with Gasteiger partial charge in [-0.2, -0.15) is 0 Å². The molecule has 0 aromatic rings. The molecule has 7 heteroatoms. The minimum absolute atomic E-state index is 0.202. The van der Waals surface area contributed by atoms with Crippen LogP contribution in [-0.2, 0) is 27.7 Å². The van der Waals surface area contributed by atoms with Crippen molar-refractivity contribution in [2.24, 2.45) is 0 Å². The molecule has 1 atom stereocenters. The van der Waals surface area contributed by atoms with Gasteiger partial charge in [-0.05, 0) is 20.3 Å². The SMILES string of the molecule is CCCCCCCC(=O)C(C)(OP(=O)(OC)OC)C(C)=O. The predicted octanol–water partition coefficient (Wildman–Crippen LogP) is 3.68. The highest BCUT2D eigenvalue weighted by Gasteiger charge is 2.45. The van der Waals surface area contributed by atoms with Gasteiger partial charge in [0.15, 0.2) is 17.2 Å². The monoisotopic (exact) mass is 322 g/mol. The molecule has 0 spiro atoms. The van der Waals surface area contributed by atoms with Gasteiger partial charge >= 0.3 is 7.82 Å². The summed E-state index contributed by atoms with van der Waals surface area (Å²) in [6.45, 7) is 4.65. The lowest BCUT2D eigenvalue weighted by molar-refractivity contribution is -0.146. The van der Waals surface area contributed by atoms with Crippen LogP contribution in [0.3, 0.4) is 0 Å². The smallest absolute Gasteiger partial charge is 0.296 e. The van der Waals surface area contributed by atoms with Crippen molar-refractivity contribution in [3.8, 4) is 0 Å². The van der Waals surface area contributed by atoms with E-state index in [2.05, 4.69) is 16.0 Å². The van der Waals surface area contributed by atoms with Gasteiger partial charge in [0.05, 0.1) is 0 Å². The maximum atomic E-state index is 12.3. The van der Waals surface area contributed by atoms with Crippen LogP contribution in [0.4, 0.5) is 0 Å². The normalized spacial score (nSPS) is 14.7. The van der Waals surface area contributed by atoms with Crippen molar-refractivity contribution in [1.82, 2.24) is 0 Å². The van der Waals surface area contributed by atoms with E-state index in [4.69, 9.17) is 4.52 Å². The van der Waals surface area contributed by atoms with Gasteiger partial charge < -0.3 is 0 Å². The van der Waals surface area contributed by atoms with Crippen LogP contribution in [0.15, 0.2) is 0 Å². The first-order valence-corrected chi connectivity index (χ1v) is 8.68. The Morgan fingerprint density at radius 2 is 1.57 bits per heavy atom. The number of unbranched alkanes of at least 4 members (excludes halogenated alkanes) is 4. The zero-order valence-electron chi connectivity index (χ0n) is 13.6. The summed E-state index contributed by atoms with van der Waals surface area (Å²) < 4.78 is 26.5. The Hall–Kier alpha value is -0.550. The van der Waals surface area contributed by atoms with E-state index >= 15 is 0 Å². The molecule has 21 heavy (non-hydrogen) atoms. The van der Waals surface area contributed by atoms with Gasteiger partial charge in [0, 0.05) is 20.6 Å². The second kappa shape index (κ2) is 9.46. The number of ketones is 2. The molecule has 0 aliphatic carbocycles. The first-order valence-electron chi connectivity index (χ1n) is 7.22. The van der Waals surface area contributed by atoms with Crippen LogP contribution in [0.25, 0.3) is 0 Å². The molecule has 0 saturated heterocycles. The summed E-state index contributed by atoms with van der Waals surface area (Å²) >= 11 is 0. The van der Waals surface area contributed by atoms with Crippen molar-refractivity contribution in [3.63, 3.8) is 0 Å². The Morgan fingerprint density at radius 3 is 2.00 bits per heavy atom. The number of rotatable bonds is 12. The van der Waals surface area contributed by atoms with Crippen molar-refractivity contribution in [2.75, 3.05) is 14.2 Å². The highest BCUT2D eigenvalue weighted by molar-refractivity contribution is 7.48. The summed E-state index contributed by atoms with van der Waals surface area (Å²) in [6, 6.07) is 0. The molecule has 0 bridgehead atoms. The van der Waals surface area contributed by atoms with Crippen molar-refractivity contribution >= 4 is 19.4 Å². The summed E-state index contributed by atoms with van der Waals surface area (Å²) in [5, 5.41) is 0. The maximum absolute atomic E-state index is 12.3. The van der Waals surface area contributed by atoms with Crippen LogP contribution in [0.5, 0.6) is 0 Å². The summed E-state index contributed by atoms with van der Waals surface area (Å²) in [4.78, 5) is 24.0. The van der Waals surface area contributed by atoms with E-state index in [1.54, 1.807) is 0 Å². The molecule has 0 heterocycles. The number of phosphoric ester groups is 1. The summed E-state index contributed by atoms with van der Waals surface area (Å²) in [6.07, 6.45) is 5.09. The second-order valence-corrected chi connectivity index (χ2v) is 6.89. The first-order chi connectivity index (χ1) is 9.75. The molecule has 124 valence electrons. The van der Waals surface area contributed by atoms with Crippen molar-refractivity contribution in [3.05, 3.63) is 0 Å². The highest BCUT2D eigenvalue weighted by atomic mass is 31.2. The van der Waals surface area contributed by atoms with Crippen LogP contribution in [0, 0.1) is 0 Å². The molecule has 0 saturated carbocycles. The van der Waals surface area contributed by atoms with Crippen molar-refractivity contribution < 1.29 is 27.7 Å². The van der Waals surface area contributed by atoms with E-state index in [1.807, 2.05) is 0 Å². The fraction of sp³-hybridized carbons (Fsp3) is 0.857. The number of phosphoric acid groups is 1. The lowest BCUT2D eigenvalue weighted by atomic mass is 9.92. The van der Waals surface area contributed by atoms with E-state index < -0.39 is 25.0 Å². The molecule has 0 aliphatic rings. The van der Waals surface area contributed by atoms with Crippen molar-refractivity contribution in [1.29, 1.82) is 0 Å². The van der Waals surface area contributed by atoms with Crippen LogP contribution < -0.4 is 0 Å². The lowest BCUT2D eigenvalue weighted by Crippen LogP contribution is -2.44. The van der Waals surface area contributed by atoms with E-state index in [-0.39, 0.29) is 6.42 Å². The number of carbonyl (C=O) groups is 2. The maximum Gasteiger partial charge on any atom is 0.475 e. The molecule has 0 rings (SSSR count). The molecule has 0 amide bonds. The number of hydrogen-bond donors (Lipinski definition) is 0. The third-order valence-corrected chi connectivity index (χ3v) is 4.94. The third-order valence-electron chi connectivity index (χ3n) is 3.45. The average molecular weight is 322 g/mol. The minimum atomic E-state index is -3.90. The van der Waals surface area contributed by atoms with Gasteiger partial charge in [0.25, 0.3) is 0 Å². The summed E-state index contributed by atoms with van der Waals surface area (Å²) in [7, 11) is -1.62. The summed E-state index contributed by atoms with van der Waals surface area (Å²) in [5.74, 6) is -0.920. The molecule has 1 unspecified atom stereocenters. The molecule has 0 fully saturated rings. The topological polar surface area (TPSA) is 78.9 Å². The van der Waals surface area contributed by atoms with E-state index in [1.165, 1.54) is 13.8 Å². The molecule has 0 radical (unpaired) electrons. The largest absolute Gasteiger partial charge is 0.475 e. The summed E-state index contributed by atoms with van der Waals surface area (Å²) in [5.41, 5.74) is -1.80. The van der Waals surface area contributed by atoms with Gasteiger partial charge in [0.1, 0.15) is 0 Å². The number of hydrogen-bond acceptors (Lipinski definition) is 6. The Kier molecular flexibility index (Phi) is 9.22. The van der Waals surface area contributed by atoms with Crippen LogP contribution >= 0.6 is 7.82 Å². The van der Waals surface area contributed by atoms with Gasteiger partial charge in [-0.15, -0.1) is 0 Å².